The van der Waals surface area contributed by atoms with Crippen molar-refractivity contribution in [2.24, 2.45) is 0 Å². The van der Waals surface area contributed by atoms with E-state index in [1.165, 1.54) is 31.3 Å². The van der Waals surface area contributed by atoms with Crippen LogP contribution in [-0.2, 0) is 9.68 Å². The SMILES string of the molecule is C=CC1=CCCCC1.CC(=O)OO. The average molecular weight is 184 g/mol. The number of rotatable bonds is 1. The maximum atomic E-state index is 9.34. The smallest absolute Gasteiger partial charge is 0.301 e. The third-order valence-electron chi connectivity index (χ3n) is 1.72. The van der Waals surface area contributed by atoms with E-state index in [1.807, 2.05) is 6.08 Å². The molecule has 3 heteroatoms. The summed E-state index contributed by atoms with van der Waals surface area (Å²) in [6, 6.07) is 0. The van der Waals surface area contributed by atoms with Crippen LogP contribution in [0, 0.1) is 0 Å². The summed E-state index contributed by atoms with van der Waals surface area (Å²) in [5, 5.41) is 7.29. The lowest BCUT2D eigenvalue weighted by atomic mass is 10.0. The van der Waals surface area contributed by atoms with Crippen molar-refractivity contribution in [1.82, 2.24) is 0 Å². The molecule has 0 amide bonds. The molecule has 13 heavy (non-hydrogen) atoms. The van der Waals surface area contributed by atoms with E-state index >= 15 is 0 Å². The van der Waals surface area contributed by atoms with Crippen LogP contribution in [0.15, 0.2) is 24.3 Å². The van der Waals surface area contributed by atoms with Gasteiger partial charge >= 0.3 is 5.97 Å². The van der Waals surface area contributed by atoms with Crippen LogP contribution in [0.1, 0.15) is 32.6 Å². The summed E-state index contributed by atoms with van der Waals surface area (Å²) < 4.78 is 0. The van der Waals surface area contributed by atoms with Crippen molar-refractivity contribution in [2.75, 3.05) is 0 Å². The summed E-state index contributed by atoms with van der Waals surface area (Å²) in [6.45, 7) is 4.83. The molecule has 0 heterocycles. The van der Waals surface area contributed by atoms with Crippen LogP contribution >= 0.6 is 0 Å². The van der Waals surface area contributed by atoms with E-state index in [0.29, 0.717) is 0 Å². The highest BCUT2D eigenvalue weighted by molar-refractivity contribution is 5.64. The fraction of sp³-hybridized carbons (Fsp3) is 0.500. The first-order chi connectivity index (χ1) is 6.20. The number of hydrogen-bond donors (Lipinski definition) is 1. The van der Waals surface area contributed by atoms with E-state index in [9.17, 15) is 4.79 Å². The van der Waals surface area contributed by atoms with Crippen LogP contribution in [-0.4, -0.2) is 11.2 Å². The van der Waals surface area contributed by atoms with Crippen LogP contribution in [0.25, 0.3) is 0 Å². The van der Waals surface area contributed by atoms with Gasteiger partial charge in [0.15, 0.2) is 0 Å². The quantitative estimate of drug-likeness (QED) is 0.503. The molecule has 0 aliphatic heterocycles. The van der Waals surface area contributed by atoms with Gasteiger partial charge in [-0.1, -0.05) is 24.3 Å². The van der Waals surface area contributed by atoms with Gasteiger partial charge in [-0.25, -0.2) is 4.79 Å². The second-order valence-electron chi connectivity index (χ2n) is 2.81. The van der Waals surface area contributed by atoms with E-state index in [1.54, 1.807) is 0 Å². The van der Waals surface area contributed by atoms with Gasteiger partial charge in [0.1, 0.15) is 0 Å². The predicted octanol–water partition coefficient (Wildman–Crippen LogP) is 2.70. The standard InChI is InChI=1S/C8H12.C2H4O3/c1-2-8-6-4-3-5-7-8;1-2(3)5-4/h2,6H,1,3-5,7H2;4H,1H3. The first-order valence-corrected chi connectivity index (χ1v) is 4.34. The summed E-state index contributed by atoms with van der Waals surface area (Å²) in [4.78, 5) is 12.5. The molecule has 1 rings (SSSR count). The molecule has 1 aliphatic rings. The molecule has 0 aromatic carbocycles. The fourth-order valence-corrected chi connectivity index (χ4v) is 1.05. The van der Waals surface area contributed by atoms with Gasteiger partial charge in [0.05, 0.1) is 0 Å². The molecule has 0 unspecified atom stereocenters. The van der Waals surface area contributed by atoms with Crippen molar-refractivity contribution >= 4 is 5.97 Å². The Balaban J connectivity index is 0.000000252. The molecule has 3 nitrogen and oxygen atoms in total. The van der Waals surface area contributed by atoms with E-state index in [4.69, 9.17) is 5.26 Å². The van der Waals surface area contributed by atoms with Gasteiger partial charge in [-0.2, -0.15) is 5.26 Å². The van der Waals surface area contributed by atoms with Gasteiger partial charge in [-0.05, 0) is 25.7 Å². The van der Waals surface area contributed by atoms with Gasteiger partial charge < -0.3 is 4.89 Å². The first-order valence-electron chi connectivity index (χ1n) is 4.34. The zero-order chi connectivity index (χ0) is 10.1. The molecule has 1 aliphatic carbocycles. The Kier molecular flexibility index (Phi) is 6.92. The molecule has 0 bridgehead atoms. The van der Waals surface area contributed by atoms with Crippen LogP contribution in [0.5, 0.6) is 0 Å². The molecule has 1 N–H and O–H groups in total. The minimum absolute atomic E-state index is 0.690. The highest BCUT2D eigenvalue weighted by atomic mass is 17.1. The highest BCUT2D eigenvalue weighted by Gasteiger charge is 1.97. The van der Waals surface area contributed by atoms with Crippen LogP contribution in [0.2, 0.25) is 0 Å². The molecule has 0 aromatic heterocycles. The van der Waals surface area contributed by atoms with E-state index in [0.717, 1.165) is 6.92 Å². The third-order valence-corrected chi connectivity index (χ3v) is 1.72. The third kappa shape index (κ3) is 7.28. The Morgan fingerprint density at radius 1 is 1.69 bits per heavy atom. The normalized spacial score (nSPS) is 14.8. The van der Waals surface area contributed by atoms with Crippen molar-refractivity contribution < 1.29 is 14.9 Å². The van der Waals surface area contributed by atoms with Crippen molar-refractivity contribution in [3.05, 3.63) is 24.3 Å². The fourth-order valence-electron chi connectivity index (χ4n) is 1.05. The molecule has 0 radical (unpaired) electrons. The predicted molar refractivity (Wildman–Crippen MR) is 51.1 cm³/mol. The molecule has 0 saturated heterocycles. The van der Waals surface area contributed by atoms with Crippen LogP contribution < -0.4 is 0 Å². The van der Waals surface area contributed by atoms with Gasteiger partial charge in [0, 0.05) is 6.92 Å². The molecule has 0 aromatic rings. The molecule has 74 valence electrons. The Bertz CT molecular complexity index is 194. The van der Waals surface area contributed by atoms with Gasteiger partial charge in [0.25, 0.3) is 0 Å². The molecular weight excluding hydrogens is 168 g/mol. The Morgan fingerprint density at radius 3 is 2.54 bits per heavy atom. The first kappa shape index (κ1) is 11.9. The lowest BCUT2D eigenvalue weighted by molar-refractivity contribution is -0.231. The molecule has 0 fully saturated rings. The van der Waals surface area contributed by atoms with Crippen LogP contribution in [0.4, 0.5) is 0 Å². The Labute approximate surface area is 78.6 Å². The summed E-state index contributed by atoms with van der Waals surface area (Å²) in [5.74, 6) is -0.690. The lowest BCUT2D eigenvalue weighted by Crippen LogP contribution is -1.89. The summed E-state index contributed by atoms with van der Waals surface area (Å²) >= 11 is 0. The summed E-state index contributed by atoms with van der Waals surface area (Å²) in [7, 11) is 0. The van der Waals surface area contributed by atoms with E-state index in [-0.39, 0.29) is 0 Å². The molecular formula is C10H16O3. The number of allylic oxidation sites excluding steroid dienone is 3. The molecule has 0 saturated carbocycles. The largest absolute Gasteiger partial charge is 0.339 e. The maximum Gasteiger partial charge on any atom is 0.339 e. The molecule has 0 atom stereocenters. The topological polar surface area (TPSA) is 46.5 Å². The van der Waals surface area contributed by atoms with Crippen molar-refractivity contribution in [2.45, 2.75) is 32.6 Å². The highest BCUT2D eigenvalue weighted by Crippen LogP contribution is 2.16. The van der Waals surface area contributed by atoms with Crippen LogP contribution in [0.3, 0.4) is 0 Å². The second-order valence-corrected chi connectivity index (χ2v) is 2.81. The van der Waals surface area contributed by atoms with Gasteiger partial charge in [-0.3, -0.25) is 0 Å². The van der Waals surface area contributed by atoms with Gasteiger partial charge in [-0.15, -0.1) is 0 Å². The van der Waals surface area contributed by atoms with Crippen molar-refractivity contribution in [3.8, 4) is 0 Å². The second kappa shape index (κ2) is 7.55. The zero-order valence-electron chi connectivity index (χ0n) is 7.95. The maximum absolute atomic E-state index is 9.34. The number of hydrogen-bond acceptors (Lipinski definition) is 3. The minimum Gasteiger partial charge on any atom is -0.301 e. The van der Waals surface area contributed by atoms with E-state index in [2.05, 4.69) is 17.5 Å². The zero-order valence-corrected chi connectivity index (χ0v) is 7.95. The number of carbonyl (C=O) groups excluding carboxylic acids is 1. The summed E-state index contributed by atoms with van der Waals surface area (Å²) in [5.41, 5.74) is 1.44. The van der Waals surface area contributed by atoms with Crippen molar-refractivity contribution in [3.63, 3.8) is 0 Å². The van der Waals surface area contributed by atoms with Gasteiger partial charge in [0.2, 0.25) is 0 Å². The monoisotopic (exact) mass is 184 g/mol. The Morgan fingerprint density at radius 2 is 2.31 bits per heavy atom. The van der Waals surface area contributed by atoms with E-state index < -0.39 is 5.97 Å². The molecule has 0 spiro atoms. The minimum atomic E-state index is -0.690. The summed E-state index contributed by atoms with van der Waals surface area (Å²) in [6.07, 6.45) is 9.51. The number of carbonyl (C=O) groups is 1. The van der Waals surface area contributed by atoms with Crippen molar-refractivity contribution in [1.29, 1.82) is 0 Å². The lowest BCUT2D eigenvalue weighted by Gasteiger charge is -2.06. The Hall–Kier alpha value is -1.09. The average Bonchev–Trinajstić information content (AvgIpc) is 2.20.